The fourth-order valence-corrected chi connectivity index (χ4v) is 3.77. The molecule has 1 fully saturated rings. The Morgan fingerprint density at radius 2 is 1.85 bits per heavy atom. The third kappa shape index (κ3) is 3.48. The number of nitrogens with one attached hydrogen (secondary N) is 1. The van der Waals surface area contributed by atoms with Crippen molar-refractivity contribution < 1.29 is 5.11 Å². The molecule has 1 atom stereocenters. The van der Waals surface area contributed by atoms with Crippen molar-refractivity contribution in [2.45, 2.75) is 31.8 Å². The van der Waals surface area contributed by atoms with E-state index in [9.17, 15) is 5.11 Å². The average molecular weight is 348 g/mol. The van der Waals surface area contributed by atoms with Crippen LogP contribution in [0, 0.1) is 0 Å². The maximum Gasteiger partial charge on any atom is 0.117 e. The molecule has 2 N–H and O–H groups in total. The molecular weight excluding hydrogens is 324 g/mol. The quantitative estimate of drug-likeness (QED) is 0.747. The summed E-state index contributed by atoms with van der Waals surface area (Å²) in [5.41, 5.74) is 3.24. The van der Waals surface area contributed by atoms with Gasteiger partial charge in [0, 0.05) is 60.9 Å². The summed E-state index contributed by atoms with van der Waals surface area (Å²) in [6, 6.07) is 12.5. The van der Waals surface area contributed by atoms with E-state index in [1.807, 2.05) is 24.5 Å². The highest BCUT2D eigenvalue weighted by Gasteiger charge is 2.23. The molecule has 1 aromatic carbocycles. The van der Waals surface area contributed by atoms with Gasteiger partial charge in [-0.1, -0.05) is 0 Å². The molecule has 0 aliphatic carbocycles. The van der Waals surface area contributed by atoms with E-state index in [2.05, 4.69) is 39.2 Å². The van der Waals surface area contributed by atoms with Crippen molar-refractivity contribution in [2.24, 2.45) is 0 Å². The van der Waals surface area contributed by atoms with Crippen LogP contribution in [0.15, 0.2) is 55.0 Å². The van der Waals surface area contributed by atoms with Crippen LogP contribution in [0.4, 0.5) is 5.69 Å². The average Bonchev–Trinajstić information content (AvgIpc) is 2.69. The van der Waals surface area contributed by atoms with Crippen LogP contribution < -0.4 is 5.32 Å². The van der Waals surface area contributed by atoms with Crippen molar-refractivity contribution in [3.05, 3.63) is 60.6 Å². The van der Waals surface area contributed by atoms with Crippen LogP contribution in [-0.2, 0) is 0 Å². The number of hydrogen-bond acceptors (Lipinski definition) is 5. The lowest BCUT2D eigenvalue weighted by atomic mass is 10.00. The zero-order chi connectivity index (χ0) is 17.9. The van der Waals surface area contributed by atoms with Crippen LogP contribution in [0.1, 0.15) is 31.4 Å². The predicted molar refractivity (Wildman–Crippen MR) is 104 cm³/mol. The first kappa shape index (κ1) is 16.8. The molecule has 1 unspecified atom stereocenters. The van der Waals surface area contributed by atoms with Crippen LogP contribution in [0.3, 0.4) is 0 Å². The van der Waals surface area contributed by atoms with Gasteiger partial charge in [0.2, 0.25) is 0 Å². The molecular formula is C21H24N4O. The SMILES string of the molecule is CC(c1ccncc1)N1CCC(Nc2ccnc3cc(O)ccc23)CC1. The molecule has 0 bridgehead atoms. The minimum absolute atomic E-state index is 0.251. The highest BCUT2D eigenvalue weighted by molar-refractivity contribution is 5.91. The van der Waals surface area contributed by atoms with Crippen molar-refractivity contribution in [1.82, 2.24) is 14.9 Å². The molecule has 4 rings (SSSR count). The first-order valence-corrected chi connectivity index (χ1v) is 9.19. The molecule has 3 aromatic rings. The Labute approximate surface area is 153 Å². The lowest BCUT2D eigenvalue weighted by molar-refractivity contribution is 0.167. The molecule has 1 aliphatic rings. The number of benzene rings is 1. The van der Waals surface area contributed by atoms with Crippen molar-refractivity contribution in [2.75, 3.05) is 18.4 Å². The van der Waals surface area contributed by atoms with Gasteiger partial charge in [-0.05, 0) is 55.7 Å². The van der Waals surface area contributed by atoms with Gasteiger partial charge in [-0.15, -0.1) is 0 Å². The van der Waals surface area contributed by atoms with Crippen LogP contribution in [0.5, 0.6) is 5.75 Å². The van der Waals surface area contributed by atoms with Gasteiger partial charge in [-0.2, -0.15) is 0 Å². The lowest BCUT2D eigenvalue weighted by Crippen LogP contribution is -2.40. The number of aromatic hydroxyl groups is 1. The van der Waals surface area contributed by atoms with Crippen molar-refractivity contribution >= 4 is 16.6 Å². The number of piperidine rings is 1. The Bertz CT molecular complexity index is 876. The van der Waals surface area contributed by atoms with E-state index in [0.717, 1.165) is 42.5 Å². The Morgan fingerprint density at radius 1 is 1.08 bits per heavy atom. The number of anilines is 1. The lowest BCUT2D eigenvalue weighted by Gasteiger charge is -2.37. The molecule has 1 aliphatic heterocycles. The minimum atomic E-state index is 0.251. The standard InChI is InChI=1S/C21H24N4O/c1-15(16-4-9-22-10-5-16)25-12-7-17(8-13-25)24-20-6-11-23-21-14-18(26)2-3-19(20)21/h2-6,9-11,14-15,17,26H,7-8,12-13H2,1H3,(H,23,24). The van der Waals surface area contributed by atoms with Gasteiger partial charge in [0.25, 0.3) is 0 Å². The summed E-state index contributed by atoms with van der Waals surface area (Å²) in [6.45, 7) is 4.42. The number of phenols is 1. The Balaban J connectivity index is 1.41. The number of hydrogen-bond donors (Lipinski definition) is 2. The van der Waals surface area contributed by atoms with Gasteiger partial charge in [0.05, 0.1) is 5.52 Å². The summed E-state index contributed by atoms with van der Waals surface area (Å²) in [7, 11) is 0. The number of pyridine rings is 2. The summed E-state index contributed by atoms with van der Waals surface area (Å²) in [5, 5.41) is 14.4. The second kappa shape index (κ2) is 7.30. The third-order valence-electron chi connectivity index (χ3n) is 5.35. The summed E-state index contributed by atoms with van der Waals surface area (Å²) in [6.07, 6.45) is 7.75. The van der Waals surface area contributed by atoms with E-state index in [4.69, 9.17) is 0 Å². The normalized spacial score (nSPS) is 17.3. The fraction of sp³-hybridized carbons (Fsp3) is 0.333. The fourth-order valence-electron chi connectivity index (χ4n) is 3.77. The Hall–Kier alpha value is -2.66. The van der Waals surface area contributed by atoms with Gasteiger partial charge in [-0.3, -0.25) is 14.9 Å². The van der Waals surface area contributed by atoms with E-state index in [0.29, 0.717) is 12.1 Å². The molecule has 5 nitrogen and oxygen atoms in total. The minimum Gasteiger partial charge on any atom is -0.508 e. The van der Waals surface area contributed by atoms with E-state index in [-0.39, 0.29) is 5.75 Å². The van der Waals surface area contributed by atoms with Gasteiger partial charge in [-0.25, -0.2) is 0 Å². The van der Waals surface area contributed by atoms with E-state index >= 15 is 0 Å². The number of rotatable bonds is 4. The maximum atomic E-state index is 9.65. The van der Waals surface area contributed by atoms with Crippen molar-refractivity contribution in [3.63, 3.8) is 0 Å². The summed E-state index contributed by atoms with van der Waals surface area (Å²) < 4.78 is 0. The second-order valence-electron chi connectivity index (χ2n) is 6.97. The van der Waals surface area contributed by atoms with Crippen molar-refractivity contribution in [3.8, 4) is 5.75 Å². The van der Waals surface area contributed by atoms with E-state index in [1.165, 1.54) is 5.56 Å². The number of fused-ring (bicyclic) bond motifs is 1. The second-order valence-corrected chi connectivity index (χ2v) is 6.97. The summed E-state index contributed by atoms with van der Waals surface area (Å²) in [4.78, 5) is 11.0. The van der Waals surface area contributed by atoms with Gasteiger partial charge in [0.15, 0.2) is 0 Å². The van der Waals surface area contributed by atoms with Gasteiger partial charge in [0.1, 0.15) is 5.75 Å². The molecule has 26 heavy (non-hydrogen) atoms. The highest BCUT2D eigenvalue weighted by Crippen LogP contribution is 2.28. The molecule has 0 radical (unpaired) electrons. The van der Waals surface area contributed by atoms with Crippen LogP contribution in [-0.4, -0.2) is 39.1 Å². The first-order chi connectivity index (χ1) is 12.7. The molecule has 1 saturated heterocycles. The smallest absolute Gasteiger partial charge is 0.117 e. The predicted octanol–water partition coefficient (Wildman–Crippen LogP) is 3.97. The molecule has 5 heteroatoms. The number of aromatic nitrogens is 2. The third-order valence-corrected chi connectivity index (χ3v) is 5.35. The zero-order valence-corrected chi connectivity index (χ0v) is 15.0. The van der Waals surface area contributed by atoms with Gasteiger partial charge < -0.3 is 10.4 Å². The topological polar surface area (TPSA) is 61.3 Å². The van der Waals surface area contributed by atoms with E-state index < -0.39 is 0 Å². The van der Waals surface area contributed by atoms with Crippen molar-refractivity contribution in [1.29, 1.82) is 0 Å². The largest absolute Gasteiger partial charge is 0.508 e. The zero-order valence-electron chi connectivity index (χ0n) is 15.0. The highest BCUT2D eigenvalue weighted by atomic mass is 16.3. The maximum absolute atomic E-state index is 9.65. The first-order valence-electron chi connectivity index (χ1n) is 9.19. The molecule has 134 valence electrons. The molecule has 3 heterocycles. The number of nitrogens with zero attached hydrogens (tertiary/aromatic N) is 3. The molecule has 2 aromatic heterocycles. The Morgan fingerprint density at radius 3 is 2.62 bits per heavy atom. The summed E-state index contributed by atoms with van der Waals surface area (Å²) >= 11 is 0. The Kier molecular flexibility index (Phi) is 4.71. The van der Waals surface area contributed by atoms with Crippen LogP contribution in [0.2, 0.25) is 0 Å². The summed E-state index contributed by atoms with van der Waals surface area (Å²) in [5.74, 6) is 0.251. The van der Waals surface area contributed by atoms with E-state index in [1.54, 1.807) is 18.3 Å². The van der Waals surface area contributed by atoms with Gasteiger partial charge >= 0.3 is 0 Å². The molecule has 0 saturated carbocycles. The monoisotopic (exact) mass is 348 g/mol. The molecule has 0 amide bonds. The number of phenolic OH excluding ortho intramolecular Hbond substituents is 1. The molecule has 0 spiro atoms. The van der Waals surface area contributed by atoms with Crippen LogP contribution >= 0.6 is 0 Å². The van der Waals surface area contributed by atoms with Crippen LogP contribution in [0.25, 0.3) is 10.9 Å². The number of likely N-dealkylation sites (tertiary alicyclic amines) is 1.